The summed E-state index contributed by atoms with van der Waals surface area (Å²) < 4.78 is 0. The first kappa shape index (κ1) is 14.2. The monoisotopic (exact) mass is 281 g/mol. The number of nitrogens with two attached hydrogens (primary N) is 1. The lowest BCUT2D eigenvalue weighted by Gasteiger charge is -2.12. The minimum Gasteiger partial charge on any atom is -0.370 e. The van der Waals surface area contributed by atoms with Crippen LogP contribution < -0.4 is 11.1 Å². The lowest BCUT2D eigenvalue weighted by atomic mass is 9.98. The van der Waals surface area contributed by atoms with Gasteiger partial charge in [0, 0.05) is 11.5 Å². The second-order valence-corrected chi connectivity index (χ2v) is 7.14. The summed E-state index contributed by atoms with van der Waals surface area (Å²) in [5, 5.41) is 13.6. The summed E-state index contributed by atoms with van der Waals surface area (Å²) in [6.45, 7) is 6.92. The van der Waals surface area contributed by atoms with Crippen LogP contribution in [0.3, 0.4) is 0 Å². The molecule has 1 saturated carbocycles. The van der Waals surface area contributed by atoms with Gasteiger partial charge in [0.25, 0.3) is 0 Å². The number of nitrogens with one attached hydrogen (secondary N) is 1. The summed E-state index contributed by atoms with van der Waals surface area (Å²) in [5.74, 6) is 0.527. The SMILES string of the molecule is CC(C)(C)c1nnc(CN=C(N)NC2CCCC2)s1. The van der Waals surface area contributed by atoms with Crippen molar-refractivity contribution in [1.29, 1.82) is 0 Å². The quantitative estimate of drug-likeness (QED) is 0.657. The van der Waals surface area contributed by atoms with Gasteiger partial charge in [0.2, 0.25) is 0 Å². The maximum Gasteiger partial charge on any atom is 0.189 e. The topological polar surface area (TPSA) is 76.2 Å². The third-order valence-corrected chi connectivity index (χ3v) is 4.53. The number of hydrogen-bond donors (Lipinski definition) is 2. The molecule has 5 nitrogen and oxygen atoms in total. The highest BCUT2D eigenvalue weighted by molar-refractivity contribution is 7.11. The molecular weight excluding hydrogens is 258 g/mol. The Bertz CT molecular complexity index is 440. The molecule has 19 heavy (non-hydrogen) atoms. The smallest absolute Gasteiger partial charge is 0.189 e. The van der Waals surface area contributed by atoms with Gasteiger partial charge in [-0.1, -0.05) is 44.9 Å². The first-order chi connectivity index (χ1) is 8.95. The average Bonchev–Trinajstić information content (AvgIpc) is 2.95. The van der Waals surface area contributed by atoms with E-state index in [2.05, 4.69) is 41.3 Å². The molecule has 0 saturated heterocycles. The highest BCUT2D eigenvalue weighted by Crippen LogP contribution is 2.25. The number of hydrogen-bond acceptors (Lipinski definition) is 4. The van der Waals surface area contributed by atoms with Crippen molar-refractivity contribution in [3.05, 3.63) is 10.0 Å². The second kappa shape index (κ2) is 5.86. The number of aromatic nitrogens is 2. The summed E-state index contributed by atoms with van der Waals surface area (Å²) in [4.78, 5) is 4.34. The standard InChI is InChI=1S/C13H23N5S/c1-13(2,3)11-18-17-10(19-11)8-15-12(14)16-9-6-4-5-7-9/h9H,4-8H2,1-3H3,(H3,14,15,16). The molecule has 0 bridgehead atoms. The van der Waals surface area contributed by atoms with E-state index in [1.807, 2.05) is 0 Å². The third kappa shape index (κ3) is 4.16. The zero-order chi connectivity index (χ0) is 13.9. The highest BCUT2D eigenvalue weighted by atomic mass is 32.1. The van der Waals surface area contributed by atoms with E-state index in [4.69, 9.17) is 5.73 Å². The van der Waals surface area contributed by atoms with E-state index < -0.39 is 0 Å². The van der Waals surface area contributed by atoms with E-state index in [1.54, 1.807) is 11.3 Å². The maximum atomic E-state index is 5.89. The fourth-order valence-corrected chi connectivity index (χ4v) is 2.92. The lowest BCUT2D eigenvalue weighted by Crippen LogP contribution is -2.38. The molecule has 3 N–H and O–H groups in total. The van der Waals surface area contributed by atoms with Crippen molar-refractivity contribution in [2.45, 2.75) is 64.5 Å². The van der Waals surface area contributed by atoms with E-state index >= 15 is 0 Å². The van der Waals surface area contributed by atoms with E-state index in [1.165, 1.54) is 25.7 Å². The van der Waals surface area contributed by atoms with E-state index in [0.29, 0.717) is 18.5 Å². The van der Waals surface area contributed by atoms with Crippen molar-refractivity contribution < 1.29 is 0 Å². The fraction of sp³-hybridized carbons (Fsp3) is 0.769. The molecule has 0 spiro atoms. The zero-order valence-electron chi connectivity index (χ0n) is 11.9. The minimum absolute atomic E-state index is 0.0489. The molecule has 2 rings (SSSR count). The van der Waals surface area contributed by atoms with Crippen molar-refractivity contribution in [3.8, 4) is 0 Å². The molecule has 0 amide bonds. The van der Waals surface area contributed by atoms with E-state index in [-0.39, 0.29) is 5.41 Å². The third-order valence-electron chi connectivity index (χ3n) is 3.20. The molecule has 6 heteroatoms. The van der Waals surface area contributed by atoms with Gasteiger partial charge < -0.3 is 11.1 Å². The Labute approximate surface area is 118 Å². The van der Waals surface area contributed by atoms with Crippen LogP contribution in [0.4, 0.5) is 0 Å². The number of nitrogens with zero attached hydrogens (tertiary/aromatic N) is 3. The van der Waals surface area contributed by atoms with Gasteiger partial charge in [-0.3, -0.25) is 0 Å². The Morgan fingerprint density at radius 2 is 2.05 bits per heavy atom. The average molecular weight is 281 g/mol. The normalized spacial score (nSPS) is 17.9. The Hall–Kier alpha value is -1.17. The molecule has 0 atom stereocenters. The first-order valence-electron chi connectivity index (χ1n) is 6.84. The van der Waals surface area contributed by atoms with Crippen LogP contribution in [0.2, 0.25) is 0 Å². The van der Waals surface area contributed by atoms with Gasteiger partial charge in [-0.05, 0) is 12.8 Å². The maximum absolute atomic E-state index is 5.89. The molecule has 106 valence electrons. The van der Waals surface area contributed by atoms with Crippen molar-refractivity contribution >= 4 is 17.3 Å². The number of guanidine groups is 1. The lowest BCUT2D eigenvalue weighted by molar-refractivity contribution is 0.577. The van der Waals surface area contributed by atoms with Crippen LogP contribution in [0.15, 0.2) is 4.99 Å². The van der Waals surface area contributed by atoms with Gasteiger partial charge in [0.1, 0.15) is 10.0 Å². The first-order valence-corrected chi connectivity index (χ1v) is 7.66. The van der Waals surface area contributed by atoms with Gasteiger partial charge in [0.05, 0.1) is 6.54 Å². The van der Waals surface area contributed by atoms with Crippen molar-refractivity contribution in [2.75, 3.05) is 0 Å². The van der Waals surface area contributed by atoms with Crippen molar-refractivity contribution in [1.82, 2.24) is 15.5 Å². The summed E-state index contributed by atoms with van der Waals surface area (Å²) >= 11 is 1.61. The molecular formula is C13H23N5S. The zero-order valence-corrected chi connectivity index (χ0v) is 12.8. The molecule has 1 fully saturated rings. The molecule has 1 aliphatic carbocycles. The molecule has 1 aromatic rings. The molecule has 0 aliphatic heterocycles. The van der Waals surface area contributed by atoms with Crippen LogP contribution in [0, 0.1) is 0 Å². The molecule has 1 aliphatic rings. The van der Waals surface area contributed by atoms with Gasteiger partial charge >= 0.3 is 0 Å². The van der Waals surface area contributed by atoms with E-state index in [9.17, 15) is 0 Å². The fourth-order valence-electron chi connectivity index (χ4n) is 2.10. The Balaban J connectivity index is 1.88. The van der Waals surface area contributed by atoms with Crippen LogP contribution >= 0.6 is 11.3 Å². The summed E-state index contributed by atoms with van der Waals surface area (Å²) in [7, 11) is 0. The highest BCUT2D eigenvalue weighted by Gasteiger charge is 2.19. The van der Waals surface area contributed by atoms with E-state index in [0.717, 1.165) is 10.0 Å². The van der Waals surface area contributed by atoms with Gasteiger partial charge in [-0.25, -0.2) is 4.99 Å². The molecule has 0 unspecified atom stereocenters. The van der Waals surface area contributed by atoms with Crippen LogP contribution in [0.5, 0.6) is 0 Å². The molecule has 0 aromatic carbocycles. The Morgan fingerprint density at radius 1 is 1.37 bits per heavy atom. The van der Waals surface area contributed by atoms with Crippen LogP contribution in [-0.4, -0.2) is 22.2 Å². The number of rotatable bonds is 3. The van der Waals surface area contributed by atoms with Gasteiger partial charge in [0.15, 0.2) is 5.96 Å². The Morgan fingerprint density at radius 3 is 2.63 bits per heavy atom. The van der Waals surface area contributed by atoms with Gasteiger partial charge in [-0.15, -0.1) is 10.2 Å². The predicted octanol–water partition coefficient (Wildman–Crippen LogP) is 2.18. The second-order valence-electron chi connectivity index (χ2n) is 6.08. The van der Waals surface area contributed by atoms with Crippen LogP contribution in [-0.2, 0) is 12.0 Å². The molecule has 1 aromatic heterocycles. The van der Waals surface area contributed by atoms with Crippen LogP contribution in [0.1, 0.15) is 56.5 Å². The minimum atomic E-state index is 0.0489. The van der Waals surface area contributed by atoms with Crippen molar-refractivity contribution in [2.24, 2.45) is 10.7 Å². The molecule has 1 heterocycles. The van der Waals surface area contributed by atoms with Crippen molar-refractivity contribution in [3.63, 3.8) is 0 Å². The number of aliphatic imine (C=N–C) groups is 1. The predicted molar refractivity (Wildman–Crippen MR) is 79.3 cm³/mol. The van der Waals surface area contributed by atoms with Crippen LogP contribution in [0.25, 0.3) is 0 Å². The van der Waals surface area contributed by atoms with Gasteiger partial charge in [-0.2, -0.15) is 0 Å². The summed E-state index contributed by atoms with van der Waals surface area (Å²) in [5.41, 5.74) is 5.94. The summed E-state index contributed by atoms with van der Waals surface area (Å²) in [6, 6.07) is 0.503. The largest absolute Gasteiger partial charge is 0.370 e. The Kier molecular flexibility index (Phi) is 4.39. The summed E-state index contributed by atoms with van der Waals surface area (Å²) in [6.07, 6.45) is 4.97. The molecule has 0 radical (unpaired) electrons.